The van der Waals surface area contributed by atoms with E-state index < -0.39 is 22.4 Å². The lowest BCUT2D eigenvalue weighted by Gasteiger charge is -2.30. The molecule has 5 rings (SSSR count). The Hall–Kier alpha value is -4.33. The van der Waals surface area contributed by atoms with E-state index in [1.54, 1.807) is 0 Å². The number of phenolic OH excluding ortho intramolecular Hbond substituents is 1. The first-order chi connectivity index (χ1) is 16.9. The summed E-state index contributed by atoms with van der Waals surface area (Å²) in [6.07, 6.45) is 0.948. The van der Waals surface area contributed by atoms with Crippen LogP contribution in [0.2, 0.25) is 0 Å². The van der Waals surface area contributed by atoms with Crippen molar-refractivity contribution >= 4 is 22.8 Å². The van der Waals surface area contributed by atoms with E-state index in [9.17, 15) is 20.0 Å². The number of carbonyl (C=O) groups excluding carboxylic acids is 1. The minimum atomic E-state index is -0.666. The van der Waals surface area contributed by atoms with Gasteiger partial charge in [-0.3, -0.25) is 14.9 Å². The minimum absolute atomic E-state index is 0.0175. The molecule has 0 fully saturated rings. The fraction of sp³-hybridized carbons (Fsp3) is 0.222. The van der Waals surface area contributed by atoms with Crippen LogP contribution < -0.4 is 15.4 Å². The molecule has 35 heavy (non-hydrogen) atoms. The lowest BCUT2D eigenvalue weighted by molar-refractivity contribution is -0.386. The zero-order valence-electron chi connectivity index (χ0n) is 19.4. The lowest BCUT2D eigenvalue weighted by Crippen LogP contribution is -2.27. The number of nitro groups is 1. The fourth-order valence-corrected chi connectivity index (χ4v) is 4.89. The van der Waals surface area contributed by atoms with Gasteiger partial charge in [0.05, 0.1) is 29.4 Å². The summed E-state index contributed by atoms with van der Waals surface area (Å²) in [5.74, 6) is -0.588. The van der Waals surface area contributed by atoms with Crippen LogP contribution in [0, 0.1) is 17.0 Å². The molecule has 1 heterocycles. The number of hydrogen-bond donors (Lipinski definition) is 3. The highest BCUT2D eigenvalue weighted by Crippen LogP contribution is 2.46. The predicted octanol–water partition coefficient (Wildman–Crippen LogP) is 5.60. The van der Waals surface area contributed by atoms with Gasteiger partial charge in [0.2, 0.25) is 5.75 Å². The second-order valence-electron chi connectivity index (χ2n) is 8.93. The smallest absolute Gasteiger partial charge is 0.315 e. The van der Waals surface area contributed by atoms with Gasteiger partial charge >= 0.3 is 5.69 Å². The maximum atomic E-state index is 13.7. The normalized spacial score (nSPS) is 19.1. The molecule has 8 heteroatoms. The van der Waals surface area contributed by atoms with E-state index in [-0.39, 0.29) is 17.5 Å². The van der Waals surface area contributed by atoms with Crippen LogP contribution in [-0.4, -0.2) is 22.9 Å². The second-order valence-corrected chi connectivity index (χ2v) is 8.93. The zero-order valence-corrected chi connectivity index (χ0v) is 19.4. The van der Waals surface area contributed by atoms with E-state index in [1.165, 1.54) is 19.2 Å². The van der Waals surface area contributed by atoms with Gasteiger partial charge in [-0.25, -0.2) is 0 Å². The Labute approximate surface area is 202 Å². The monoisotopic (exact) mass is 471 g/mol. The Kier molecular flexibility index (Phi) is 5.64. The maximum Gasteiger partial charge on any atom is 0.315 e. The Balaban J connectivity index is 1.65. The van der Waals surface area contributed by atoms with Gasteiger partial charge in [-0.1, -0.05) is 42.0 Å². The average Bonchev–Trinajstić information content (AvgIpc) is 3.01. The van der Waals surface area contributed by atoms with Crippen molar-refractivity contribution < 1.29 is 19.6 Å². The van der Waals surface area contributed by atoms with E-state index in [0.717, 1.165) is 28.2 Å². The predicted molar refractivity (Wildman–Crippen MR) is 133 cm³/mol. The summed E-state index contributed by atoms with van der Waals surface area (Å²) >= 11 is 0. The van der Waals surface area contributed by atoms with Crippen molar-refractivity contribution in [2.24, 2.45) is 0 Å². The minimum Gasteiger partial charge on any atom is -0.500 e. The summed E-state index contributed by atoms with van der Waals surface area (Å²) in [5.41, 5.74) is 5.14. The van der Waals surface area contributed by atoms with Crippen molar-refractivity contribution in [1.82, 2.24) is 0 Å². The summed E-state index contributed by atoms with van der Waals surface area (Å²) in [4.78, 5) is 24.6. The Bertz CT molecular complexity index is 1360. The first-order valence-electron chi connectivity index (χ1n) is 11.4. The standard InChI is InChI=1S/C27H25N3O5/c1-15-7-9-16(10-8-15)17-11-21-25(23(31)13-17)26(29-20-6-4-3-5-19(20)28-21)18-12-22(30(33)34)27(32)24(14-18)35-2/h3-10,12,14,17,26,28-29,32H,11,13H2,1-2H3/t17-,26+/m1/s1. The number of methoxy groups -OCH3 is 1. The van der Waals surface area contributed by atoms with Crippen LogP contribution in [0.3, 0.4) is 0 Å². The Morgan fingerprint density at radius 2 is 1.74 bits per heavy atom. The van der Waals surface area contributed by atoms with Crippen molar-refractivity contribution in [2.75, 3.05) is 17.7 Å². The van der Waals surface area contributed by atoms with Crippen LogP contribution in [0.5, 0.6) is 11.5 Å². The van der Waals surface area contributed by atoms with E-state index >= 15 is 0 Å². The topological polar surface area (TPSA) is 114 Å². The third-order valence-corrected chi connectivity index (χ3v) is 6.68. The molecule has 0 bridgehead atoms. The maximum absolute atomic E-state index is 13.7. The highest BCUT2D eigenvalue weighted by Gasteiger charge is 2.37. The number of nitrogens with one attached hydrogen (secondary N) is 2. The van der Waals surface area contributed by atoms with Crippen molar-refractivity contribution in [3.63, 3.8) is 0 Å². The molecule has 178 valence electrons. The van der Waals surface area contributed by atoms with E-state index in [4.69, 9.17) is 4.74 Å². The first kappa shape index (κ1) is 22.5. The largest absolute Gasteiger partial charge is 0.500 e. The van der Waals surface area contributed by atoms with Gasteiger partial charge in [0.25, 0.3) is 0 Å². The third-order valence-electron chi connectivity index (χ3n) is 6.68. The van der Waals surface area contributed by atoms with Crippen LogP contribution in [0.25, 0.3) is 0 Å². The molecule has 3 aromatic rings. The second kappa shape index (κ2) is 8.79. The molecule has 0 saturated carbocycles. The molecule has 0 unspecified atom stereocenters. The molecule has 2 atom stereocenters. The van der Waals surface area contributed by atoms with Crippen LogP contribution in [-0.2, 0) is 4.79 Å². The molecular weight excluding hydrogens is 446 g/mol. The number of aryl methyl sites for hydroxylation is 1. The van der Waals surface area contributed by atoms with Gasteiger partial charge in [0, 0.05) is 23.8 Å². The molecule has 1 aliphatic heterocycles. The van der Waals surface area contributed by atoms with E-state index in [0.29, 0.717) is 24.0 Å². The lowest BCUT2D eigenvalue weighted by atomic mass is 9.78. The molecule has 0 radical (unpaired) electrons. The molecule has 0 aromatic heterocycles. The molecule has 8 nitrogen and oxygen atoms in total. The number of aromatic hydroxyl groups is 1. The number of benzene rings is 3. The molecule has 3 aromatic carbocycles. The number of anilines is 2. The number of Topliss-reactive ketones (excluding diaryl/α,β-unsaturated/α-hetero) is 1. The highest BCUT2D eigenvalue weighted by atomic mass is 16.6. The third kappa shape index (κ3) is 4.07. The van der Waals surface area contributed by atoms with E-state index in [2.05, 4.69) is 22.8 Å². The van der Waals surface area contributed by atoms with Gasteiger partial charge < -0.3 is 20.5 Å². The fourth-order valence-electron chi connectivity index (χ4n) is 4.89. The van der Waals surface area contributed by atoms with Gasteiger partial charge in [0.15, 0.2) is 11.5 Å². The van der Waals surface area contributed by atoms with Crippen molar-refractivity contribution in [3.8, 4) is 11.5 Å². The van der Waals surface area contributed by atoms with Crippen LogP contribution in [0.1, 0.15) is 41.5 Å². The van der Waals surface area contributed by atoms with Gasteiger partial charge in [-0.05, 0) is 48.6 Å². The number of nitro benzene ring substituents is 1. The summed E-state index contributed by atoms with van der Waals surface area (Å²) in [7, 11) is 1.34. The molecule has 1 aliphatic carbocycles. The van der Waals surface area contributed by atoms with Gasteiger partial charge in [-0.2, -0.15) is 0 Å². The molecule has 0 spiro atoms. The number of allylic oxidation sites excluding steroid dienone is 1. The van der Waals surface area contributed by atoms with Crippen LogP contribution >= 0.6 is 0 Å². The van der Waals surface area contributed by atoms with Crippen molar-refractivity contribution in [2.45, 2.75) is 31.7 Å². The van der Waals surface area contributed by atoms with Gasteiger partial charge in [-0.15, -0.1) is 0 Å². The molecule has 2 aliphatic rings. The SMILES string of the molecule is COc1cc([C@@H]2Nc3ccccc3NC3=C2C(=O)C[C@H](c2ccc(C)cc2)C3)cc([N+](=O)[O-])c1O. The Morgan fingerprint density at radius 3 is 2.43 bits per heavy atom. The molecule has 0 amide bonds. The number of para-hydroxylation sites is 2. The number of hydrogen-bond acceptors (Lipinski definition) is 7. The number of rotatable bonds is 4. The number of carbonyl (C=O) groups is 1. The van der Waals surface area contributed by atoms with Crippen molar-refractivity contribution in [3.05, 3.63) is 98.7 Å². The highest BCUT2D eigenvalue weighted by molar-refractivity contribution is 6.01. The summed E-state index contributed by atoms with van der Waals surface area (Å²) in [5, 5.41) is 28.8. The average molecular weight is 472 g/mol. The van der Waals surface area contributed by atoms with Gasteiger partial charge in [0.1, 0.15) is 0 Å². The van der Waals surface area contributed by atoms with E-state index in [1.807, 2.05) is 43.3 Å². The van der Waals surface area contributed by atoms with Crippen molar-refractivity contribution in [1.29, 1.82) is 0 Å². The number of fused-ring (bicyclic) bond motifs is 1. The number of nitrogens with zero attached hydrogens (tertiary/aromatic N) is 1. The summed E-state index contributed by atoms with van der Waals surface area (Å²) in [6.45, 7) is 2.03. The zero-order chi connectivity index (χ0) is 24.7. The summed E-state index contributed by atoms with van der Waals surface area (Å²) in [6, 6.07) is 18.0. The summed E-state index contributed by atoms with van der Waals surface area (Å²) < 4.78 is 5.22. The quantitative estimate of drug-likeness (QED) is 0.335. The molecule has 3 N–H and O–H groups in total. The molecule has 0 saturated heterocycles. The van der Waals surface area contributed by atoms with Crippen LogP contribution in [0.15, 0.2) is 71.9 Å². The molecular formula is C27H25N3O5. The number of phenols is 1. The Morgan fingerprint density at radius 1 is 1.03 bits per heavy atom. The number of ether oxygens (including phenoxy) is 1. The van der Waals surface area contributed by atoms with Crippen LogP contribution in [0.4, 0.5) is 17.1 Å². The first-order valence-corrected chi connectivity index (χ1v) is 11.4. The number of ketones is 1.